The van der Waals surface area contributed by atoms with Crippen LogP contribution in [0.25, 0.3) is 16.7 Å². The number of nitrogens with one attached hydrogen (secondary N) is 1. The standard InChI is InChI=1S/C17H10ClF2N5/c18-10-1-4-12(5-2-10)25-17-13(8-23-25)16(21-9-22-17)24-15-6-3-11(19)7-14(15)20/h1-9H,(H,21,22,24). The van der Waals surface area contributed by atoms with E-state index in [-0.39, 0.29) is 5.69 Å². The highest BCUT2D eigenvalue weighted by Crippen LogP contribution is 2.26. The van der Waals surface area contributed by atoms with Gasteiger partial charge in [-0.3, -0.25) is 0 Å². The van der Waals surface area contributed by atoms with E-state index in [4.69, 9.17) is 11.6 Å². The highest BCUT2D eigenvalue weighted by molar-refractivity contribution is 6.30. The molecule has 0 aliphatic rings. The first kappa shape index (κ1) is 15.5. The normalized spacial score (nSPS) is 11.0. The lowest BCUT2D eigenvalue weighted by Gasteiger charge is -2.08. The molecule has 0 aliphatic carbocycles. The van der Waals surface area contributed by atoms with Crippen LogP contribution in [0, 0.1) is 11.6 Å². The molecule has 124 valence electrons. The second-order valence-corrected chi connectivity index (χ2v) is 5.68. The van der Waals surface area contributed by atoms with Gasteiger partial charge in [-0.1, -0.05) is 11.6 Å². The summed E-state index contributed by atoms with van der Waals surface area (Å²) >= 11 is 5.91. The molecule has 0 saturated heterocycles. The van der Waals surface area contributed by atoms with Crippen molar-refractivity contribution in [3.8, 4) is 5.69 Å². The molecule has 0 fully saturated rings. The van der Waals surface area contributed by atoms with Crippen LogP contribution in [-0.2, 0) is 0 Å². The predicted molar refractivity (Wildman–Crippen MR) is 91.3 cm³/mol. The number of nitrogens with zero attached hydrogens (tertiary/aromatic N) is 4. The maximum absolute atomic E-state index is 13.9. The van der Waals surface area contributed by atoms with Crippen LogP contribution in [0.1, 0.15) is 0 Å². The second kappa shape index (κ2) is 6.10. The maximum atomic E-state index is 13.9. The molecular formula is C17H10ClF2N5. The van der Waals surface area contributed by atoms with E-state index >= 15 is 0 Å². The maximum Gasteiger partial charge on any atom is 0.168 e. The van der Waals surface area contributed by atoms with Gasteiger partial charge in [0.05, 0.1) is 23.0 Å². The average Bonchev–Trinajstić information content (AvgIpc) is 3.03. The van der Waals surface area contributed by atoms with Gasteiger partial charge in [0, 0.05) is 11.1 Å². The minimum absolute atomic E-state index is 0.112. The number of benzene rings is 2. The summed E-state index contributed by atoms with van der Waals surface area (Å²) in [5, 5.41) is 8.37. The van der Waals surface area contributed by atoms with Crippen molar-refractivity contribution in [2.24, 2.45) is 0 Å². The van der Waals surface area contributed by atoms with Crippen molar-refractivity contribution < 1.29 is 8.78 Å². The van der Waals surface area contributed by atoms with Crippen LogP contribution in [0.2, 0.25) is 5.02 Å². The number of aromatic nitrogens is 4. The highest BCUT2D eigenvalue weighted by Gasteiger charge is 2.13. The smallest absolute Gasteiger partial charge is 0.168 e. The van der Waals surface area contributed by atoms with Crippen LogP contribution < -0.4 is 5.32 Å². The summed E-state index contributed by atoms with van der Waals surface area (Å²) in [6, 6.07) is 10.4. The van der Waals surface area contributed by atoms with Crippen LogP contribution >= 0.6 is 11.6 Å². The Balaban J connectivity index is 1.77. The molecule has 5 nitrogen and oxygen atoms in total. The van der Waals surface area contributed by atoms with E-state index in [1.165, 1.54) is 18.5 Å². The summed E-state index contributed by atoms with van der Waals surface area (Å²) in [6.07, 6.45) is 2.92. The van der Waals surface area contributed by atoms with E-state index in [0.29, 0.717) is 21.9 Å². The van der Waals surface area contributed by atoms with Crippen LogP contribution in [-0.4, -0.2) is 19.7 Å². The second-order valence-electron chi connectivity index (χ2n) is 5.24. The number of hydrogen-bond acceptors (Lipinski definition) is 4. The molecule has 0 aliphatic heterocycles. The van der Waals surface area contributed by atoms with Crippen molar-refractivity contribution in [3.63, 3.8) is 0 Å². The first-order chi connectivity index (χ1) is 12.1. The van der Waals surface area contributed by atoms with E-state index in [1.54, 1.807) is 23.0 Å². The van der Waals surface area contributed by atoms with Gasteiger partial charge in [-0.05, 0) is 36.4 Å². The Morgan fingerprint density at radius 2 is 1.80 bits per heavy atom. The molecule has 2 aromatic carbocycles. The minimum Gasteiger partial charge on any atom is -0.337 e. The van der Waals surface area contributed by atoms with Crippen molar-refractivity contribution in [1.82, 2.24) is 19.7 Å². The fraction of sp³-hybridized carbons (Fsp3) is 0. The van der Waals surface area contributed by atoms with E-state index in [9.17, 15) is 8.78 Å². The SMILES string of the molecule is Fc1ccc(Nc2ncnc3c2cnn3-c2ccc(Cl)cc2)c(F)c1. The average molecular weight is 358 g/mol. The summed E-state index contributed by atoms with van der Waals surface area (Å²) in [4.78, 5) is 8.37. The monoisotopic (exact) mass is 357 g/mol. The van der Waals surface area contributed by atoms with Crippen molar-refractivity contribution in [1.29, 1.82) is 0 Å². The molecule has 0 spiro atoms. The van der Waals surface area contributed by atoms with E-state index in [0.717, 1.165) is 11.8 Å². The first-order valence-corrected chi connectivity index (χ1v) is 7.66. The number of rotatable bonds is 3. The number of hydrogen-bond donors (Lipinski definition) is 1. The van der Waals surface area contributed by atoms with Gasteiger partial charge in [-0.15, -0.1) is 0 Å². The summed E-state index contributed by atoms with van der Waals surface area (Å²) in [6.45, 7) is 0. The van der Waals surface area contributed by atoms with Crippen molar-refractivity contribution in [2.75, 3.05) is 5.32 Å². The minimum atomic E-state index is -0.711. The number of halogens is 3. The molecule has 4 aromatic rings. The molecule has 25 heavy (non-hydrogen) atoms. The van der Waals surface area contributed by atoms with Gasteiger partial charge in [0.15, 0.2) is 5.65 Å². The molecule has 0 atom stereocenters. The molecule has 0 radical (unpaired) electrons. The molecule has 1 N–H and O–H groups in total. The Labute approximate surface area is 145 Å². The summed E-state index contributed by atoms with van der Waals surface area (Å²) < 4.78 is 28.5. The van der Waals surface area contributed by atoms with Crippen LogP contribution in [0.5, 0.6) is 0 Å². The molecule has 4 rings (SSSR count). The Kier molecular flexibility index (Phi) is 3.77. The molecule has 0 saturated carbocycles. The predicted octanol–water partition coefficient (Wildman–Crippen LogP) is 4.49. The molecule has 0 bridgehead atoms. The quantitative estimate of drug-likeness (QED) is 0.587. The summed E-state index contributed by atoms with van der Waals surface area (Å²) in [7, 11) is 0. The fourth-order valence-corrected chi connectivity index (χ4v) is 2.56. The van der Waals surface area contributed by atoms with Crippen LogP contribution in [0.15, 0.2) is 55.0 Å². The van der Waals surface area contributed by atoms with Crippen molar-refractivity contribution in [3.05, 3.63) is 71.6 Å². The third kappa shape index (κ3) is 2.89. The lowest BCUT2D eigenvalue weighted by atomic mass is 10.3. The Hall–Kier alpha value is -3.06. The van der Waals surface area contributed by atoms with E-state index < -0.39 is 11.6 Å². The zero-order valence-electron chi connectivity index (χ0n) is 12.6. The van der Waals surface area contributed by atoms with Gasteiger partial charge in [0.1, 0.15) is 23.8 Å². The zero-order valence-corrected chi connectivity index (χ0v) is 13.4. The fourth-order valence-electron chi connectivity index (χ4n) is 2.43. The Morgan fingerprint density at radius 1 is 1.00 bits per heavy atom. The largest absolute Gasteiger partial charge is 0.337 e. The number of fused-ring (bicyclic) bond motifs is 1. The summed E-state index contributed by atoms with van der Waals surface area (Å²) in [5.41, 5.74) is 1.43. The van der Waals surface area contributed by atoms with E-state index in [2.05, 4.69) is 20.4 Å². The molecule has 0 unspecified atom stereocenters. The van der Waals surface area contributed by atoms with E-state index in [1.807, 2.05) is 12.1 Å². The van der Waals surface area contributed by atoms with Gasteiger partial charge in [0.25, 0.3) is 0 Å². The molecular weight excluding hydrogens is 348 g/mol. The Morgan fingerprint density at radius 3 is 2.56 bits per heavy atom. The third-order valence-electron chi connectivity index (χ3n) is 3.62. The van der Waals surface area contributed by atoms with Gasteiger partial charge in [0.2, 0.25) is 0 Å². The van der Waals surface area contributed by atoms with Crippen LogP contribution in [0.4, 0.5) is 20.3 Å². The molecule has 0 amide bonds. The molecule has 8 heteroatoms. The van der Waals surface area contributed by atoms with Gasteiger partial charge in [-0.2, -0.15) is 5.10 Å². The molecule has 2 heterocycles. The van der Waals surface area contributed by atoms with Gasteiger partial charge in [-0.25, -0.2) is 23.4 Å². The van der Waals surface area contributed by atoms with Gasteiger partial charge >= 0.3 is 0 Å². The summed E-state index contributed by atoms with van der Waals surface area (Å²) in [5.74, 6) is -0.987. The van der Waals surface area contributed by atoms with Crippen molar-refractivity contribution >= 4 is 34.1 Å². The topological polar surface area (TPSA) is 55.6 Å². The lowest BCUT2D eigenvalue weighted by Crippen LogP contribution is -2.00. The first-order valence-electron chi connectivity index (χ1n) is 7.28. The lowest BCUT2D eigenvalue weighted by molar-refractivity contribution is 0.586. The zero-order chi connectivity index (χ0) is 17.4. The molecule has 2 aromatic heterocycles. The van der Waals surface area contributed by atoms with Gasteiger partial charge < -0.3 is 5.32 Å². The third-order valence-corrected chi connectivity index (χ3v) is 3.87. The van der Waals surface area contributed by atoms with Crippen molar-refractivity contribution in [2.45, 2.75) is 0 Å². The Bertz CT molecular complexity index is 1060. The van der Waals surface area contributed by atoms with Crippen LogP contribution in [0.3, 0.4) is 0 Å². The number of anilines is 2. The highest BCUT2D eigenvalue weighted by atomic mass is 35.5.